The molecule has 0 spiro atoms. The average Bonchev–Trinajstić information content (AvgIpc) is 3.26. The Morgan fingerprint density at radius 2 is 0.591 bits per heavy atom. The summed E-state index contributed by atoms with van der Waals surface area (Å²) in [5.41, 5.74) is 8.28. The third kappa shape index (κ3) is 33.2. The zero-order chi connectivity index (χ0) is 48.1. The van der Waals surface area contributed by atoms with Crippen LogP contribution in [0.3, 0.4) is 0 Å². The molecule has 0 unspecified atom stereocenters. The molecular weight excluding hydrogens is 1360 g/mol. The Labute approximate surface area is 443 Å². The summed E-state index contributed by atoms with van der Waals surface area (Å²) in [6.07, 6.45) is 4.07. The van der Waals surface area contributed by atoms with Crippen molar-refractivity contribution in [3.05, 3.63) is 208 Å². The normalized spacial score (nSPS) is 10.9. The van der Waals surface area contributed by atoms with Crippen molar-refractivity contribution < 1.29 is 103 Å². The van der Waals surface area contributed by atoms with Crippen LogP contribution in [-0.2, 0) is 44.8 Å². The SMILES string of the molecule is CSSC=Nc1ccc(C)cc1.CSSC=Nc1ccc(C)cc1.[Au].[Au].[CH2-][P+]([CH2-])(c1ccccc1)c1ccccc1.[CH2-][P+]([CH2-])(c1ccccc1)c1ccccc1.[O-][Cl+3]([O-])([O-])[O-].[O-][Cl+3]([O-])([O-])[O-]. The molecule has 0 fully saturated rings. The van der Waals surface area contributed by atoms with E-state index < -0.39 is 35.0 Å². The summed E-state index contributed by atoms with van der Waals surface area (Å²) in [6.45, 7) is 21.4. The molecule has 0 aliphatic carbocycles. The van der Waals surface area contributed by atoms with Gasteiger partial charge in [0.15, 0.2) is 0 Å². The molecule has 6 aromatic carbocycles. The van der Waals surface area contributed by atoms with E-state index in [0.717, 1.165) is 11.4 Å². The number of halogens is 2. The molecule has 6 rings (SSSR count). The first-order valence-electron chi connectivity index (χ1n) is 18.3. The molecule has 0 aliphatic heterocycles. The van der Waals surface area contributed by atoms with Gasteiger partial charge in [-0.25, -0.2) is 47.3 Å². The van der Waals surface area contributed by atoms with Gasteiger partial charge < -0.3 is 0 Å². The molecule has 366 valence electrons. The third-order valence-corrected chi connectivity index (χ3v) is 15.3. The van der Waals surface area contributed by atoms with E-state index in [1.807, 2.05) is 121 Å². The molecule has 0 aromatic heterocycles. The molecule has 20 heteroatoms. The van der Waals surface area contributed by atoms with Crippen LogP contribution in [0.15, 0.2) is 180 Å². The van der Waals surface area contributed by atoms with Gasteiger partial charge in [-0.05, 0) is 121 Å². The minimum absolute atomic E-state index is 0. The first-order valence-corrected chi connectivity index (χ1v) is 30.3. The maximum absolute atomic E-state index is 8.49. The van der Waals surface area contributed by atoms with Crippen LogP contribution >= 0.6 is 57.7 Å². The second-order valence-corrected chi connectivity index (χ2v) is 24.8. The van der Waals surface area contributed by atoms with Gasteiger partial charge in [0.2, 0.25) is 0 Å². The smallest absolute Gasteiger partial charge is 0.0711 e. The van der Waals surface area contributed by atoms with E-state index in [1.54, 1.807) is 43.2 Å². The van der Waals surface area contributed by atoms with Crippen molar-refractivity contribution in [1.29, 1.82) is 0 Å². The van der Waals surface area contributed by atoms with Gasteiger partial charge in [-0.2, -0.15) is 41.2 Å². The molecule has 6 aromatic rings. The molecule has 0 atom stereocenters. The summed E-state index contributed by atoms with van der Waals surface area (Å²) >= 11 is 0. The Morgan fingerprint density at radius 3 is 0.773 bits per heavy atom. The minimum atomic E-state index is -4.94. The number of aryl methyl sites for hydroxylation is 2. The molecule has 10 nitrogen and oxygen atoms in total. The number of aliphatic imine (C=N–C) groups is 2. The second-order valence-electron chi connectivity index (χ2n) is 12.7. The zero-order valence-corrected chi connectivity index (χ0v) is 47.1. The van der Waals surface area contributed by atoms with Gasteiger partial charge in [0, 0.05) is 66.0 Å². The Kier molecular flexibility index (Phi) is 37.0. The zero-order valence-electron chi connectivity index (χ0n) is 36.2. The molecule has 0 saturated carbocycles. The van der Waals surface area contributed by atoms with E-state index in [1.165, 1.54) is 32.3 Å². The largest absolute Gasteiger partial charge is 0.249 e. The molecule has 66 heavy (non-hydrogen) atoms. The van der Waals surface area contributed by atoms with Gasteiger partial charge in [0.1, 0.15) is 0 Å². The third-order valence-electron chi connectivity index (χ3n) is 7.75. The van der Waals surface area contributed by atoms with Gasteiger partial charge in [0.05, 0.1) is 22.5 Å². The predicted molar refractivity (Wildman–Crippen MR) is 260 cm³/mol. The van der Waals surface area contributed by atoms with Crippen molar-refractivity contribution in [3.63, 3.8) is 0 Å². The summed E-state index contributed by atoms with van der Waals surface area (Å²) in [6, 6.07) is 57.7. The Bertz CT molecular complexity index is 1920. The summed E-state index contributed by atoms with van der Waals surface area (Å²) < 4.78 is 67.9. The first kappa shape index (κ1) is 66.7. The van der Waals surface area contributed by atoms with E-state index in [0.29, 0.717) is 0 Å². The summed E-state index contributed by atoms with van der Waals surface area (Å²) in [5, 5.41) is 4.99. The van der Waals surface area contributed by atoms with E-state index in [-0.39, 0.29) is 44.8 Å². The first-order chi connectivity index (χ1) is 30.1. The fraction of sp³-hybridized carbons (Fsp3) is 0.0870. The van der Waals surface area contributed by atoms with Gasteiger partial charge >= 0.3 is 0 Å². The maximum atomic E-state index is 8.49. The fourth-order valence-corrected chi connectivity index (χ4v) is 9.51. The number of benzene rings is 6. The van der Waals surface area contributed by atoms with Gasteiger partial charge in [-0.3, -0.25) is 0 Å². The fourth-order valence-electron chi connectivity index (χ4n) is 4.66. The number of hydrogen-bond acceptors (Lipinski definition) is 14. The second kappa shape index (κ2) is 36.6. The van der Waals surface area contributed by atoms with Crippen molar-refractivity contribution in [2.75, 3.05) is 12.5 Å². The van der Waals surface area contributed by atoms with Crippen LogP contribution in [0.25, 0.3) is 0 Å². The van der Waals surface area contributed by atoms with Gasteiger partial charge in [-0.15, -0.1) is 20.5 Å². The van der Waals surface area contributed by atoms with E-state index in [4.69, 9.17) is 37.3 Å². The summed E-state index contributed by atoms with van der Waals surface area (Å²) in [5.74, 6) is 0. The predicted octanol–water partition coefficient (Wildman–Crippen LogP) is 4.29. The number of hydrogen-bond donors (Lipinski definition) is 0. The van der Waals surface area contributed by atoms with Crippen molar-refractivity contribution in [3.8, 4) is 0 Å². The molecule has 0 N–H and O–H groups in total. The number of rotatable bonds is 10. The molecule has 0 bridgehead atoms. The van der Waals surface area contributed by atoms with Gasteiger partial charge in [-0.1, -0.05) is 130 Å². The van der Waals surface area contributed by atoms with Crippen LogP contribution < -0.4 is 58.5 Å². The average molecular weight is 1410 g/mol. The quantitative estimate of drug-likeness (QED) is 0.0470. The Balaban J connectivity index is 0. The van der Waals surface area contributed by atoms with Gasteiger partial charge in [0.25, 0.3) is 0 Å². The van der Waals surface area contributed by atoms with Crippen molar-refractivity contribution in [2.45, 2.75) is 13.8 Å². The van der Waals surface area contributed by atoms with E-state index in [2.05, 4.69) is 123 Å². The Morgan fingerprint density at radius 1 is 0.394 bits per heavy atom. The minimum Gasteiger partial charge on any atom is -0.249 e. The maximum Gasteiger partial charge on any atom is 0.0711 e. The van der Waals surface area contributed by atoms with Crippen LogP contribution in [0.1, 0.15) is 11.1 Å². The van der Waals surface area contributed by atoms with Crippen LogP contribution in [0.5, 0.6) is 0 Å². The van der Waals surface area contributed by atoms with Crippen molar-refractivity contribution in [1.82, 2.24) is 0 Å². The van der Waals surface area contributed by atoms with Crippen LogP contribution in [-0.4, -0.2) is 23.6 Å². The standard InChI is InChI=1S/2C14H14P.2C9H11NS2.2Au.2ClHO4/c2*1-15(2,13-9-5-3-6-10-13)14-11-7-4-8-12-14;2*1-8-3-5-9(6-4-8)10-7-12-11-2;;;2*2-1(3,4)5/h2*3-12H,1-2H2;2*3-7H,1-2H3;;;2*(H,2,3,4,5)/q2*-1;;;;;;/p-2. The molecule has 2 radical (unpaired) electrons. The van der Waals surface area contributed by atoms with Crippen LogP contribution in [0.4, 0.5) is 11.4 Å². The van der Waals surface area contributed by atoms with Crippen LogP contribution in [0.2, 0.25) is 0 Å². The van der Waals surface area contributed by atoms with Crippen LogP contribution in [0, 0.1) is 61.0 Å². The van der Waals surface area contributed by atoms with E-state index in [9.17, 15) is 0 Å². The molecule has 0 aliphatic rings. The molecule has 0 saturated heterocycles. The molecule has 0 amide bonds. The molecule has 0 heterocycles. The van der Waals surface area contributed by atoms with Crippen molar-refractivity contribution >= 4 is 101 Å². The van der Waals surface area contributed by atoms with Crippen molar-refractivity contribution in [2.24, 2.45) is 9.98 Å². The monoisotopic (exact) mass is 1410 g/mol. The molecular formula is C46H50Au2Cl2N2O8P2S4-4. The number of nitrogens with zero attached hydrogens (tertiary/aromatic N) is 2. The summed E-state index contributed by atoms with van der Waals surface area (Å²) in [7, 11) is -6.54. The van der Waals surface area contributed by atoms with E-state index >= 15 is 0 Å². The topological polar surface area (TPSA) is 209 Å². The Hall–Kier alpha value is -1.34. The summed E-state index contributed by atoms with van der Waals surface area (Å²) in [4.78, 5) is 8.51.